The first-order chi connectivity index (χ1) is 8.38. The molecule has 0 saturated carbocycles. The van der Waals surface area contributed by atoms with Gasteiger partial charge in [0.25, 0.3) is 0 Å². The van der Waals surface area contributed by atoms with E-state index in [-0.39, 0.29) is 0 Å². The molecule has 0 radical (unpaired) electrons. The van der Waals surface area contributed by atoms with Gasteiger partial charge < -0.3 is 0 Å². The molecule has 86 valence electrons. The highest BCUT2D eigenvalue weighted by atomic mass is 35.5. The Labute approximate surface area is 112 Å². The van der Waals surface area contributed by atoms with Gasteiger partial charge in [0.1, 0.15) is 10.0 Å². The van der Waals surface area contributed by atoms with Gasteiger partial charge in [0.2, 0.25) is 0 Å². The number of thiophene rings is 1. The third kappa shape index (κ3) is 2.08. The summed E-state index contributed by atoms with van der Waals surface area (Å²) in [6, 6.07) is 8.37. The third-order valence-electron chi connectivity index (χ3n) is 2.49. The zero-order chi connectivity index (χ0) is 11.7. The number of benzene rings is 1. The minimum Gasteiger partial charge on any atom is -0.143 e. The first-order valence-electron chi connectivity index (χ1n) is 5.23. The van der Waals surface area contributed by atoms with E-state index in [1.807, 2.05) is 0 Å². The number of nitrogens with zero attached hydrogens (tertiary/aromatic N) is 2. The standard InChI is InChI=1S/C12H9ClN2S2/c13-6-5-11-14-15-12(17-11)9-7-16-10-4-2-1-3-8(9)10/h1-4,7H,5-6H2. The van der Waals surface area contributed by atoms with Crippen molar-refractivity contribution in [3.63, 3.8) is 0 Å². The summed E-state index contributed by atoms with van der Waals surface area (Å²) in [7, 11) is 0. The van der Waals surface area contributed by atoms with Crippen molar-refractivity contribution in [1.29, 1.82) is 0 Å². The van der Waals surface area contributed by atoms with Crippen molar-refractivity contribution in [1.82, 2.24) is 10.2 Å². The van der Waals surface area contributed by atoms with Crippen molar-refractivity contribution in [3.8, 4) is 10.6 Å². The van der Waals surface area contributed by atoms with Crippen molar-refractivity contribution in [2.45, 2.75) is 6.42 Å². The van der Waals surface area contributed by atoms with E-state index in [0.29, 0.717) is 5.88 Å². The summed E-state index contributed by atoms with van der Waals surface area (Å²) in [4.78, 5) is 0. The average molecular weight is 281 g/mol. The molecule has 2 aromatic heterocycles. The SMILES string of the molecule is ClCCc1nnc(-c2csc3ccccc23)s1. The van der Waals surface area contributed by atoms with Crippen molar-refractivity contribution in [2.75, 3.05) is 5.88 Å². The van der Waals surface area contributed by atoms with Gasteiger partial charge in [-0.1, -0.05) is 29.5 Å². The molecule has 2 nitrogen and oxygen atoms in total. The van der Waals surface area contributed by atoms with Crippen LogP contribution in [0.1, 0.15) is 5.01 Å². The first-order valence-corrected chi connectivity index (χ1v) is 7.46. The van der Waals surface area contributed by atoms with Crippen LogP contribution < -0.4 is 0 Å². The molecule has 5 heteroatoms. The highest BCUT2D eigenvalue weighted by Gasteiger charge is 2.11. The van der Waals surface area contributed by atoms with Crippen LogP contribution in [-0.4, -0.2) is 16.1 Å². The number of fused-ring (bicyclic) bond motifs is 1. The fourth-order valence-corrected chi connectivity index (χ4v) is 3.87. The Hall–Kier alpha value is -0.970. The molecule has 2 heterocycles. The van der Waals surface area contributed by atoms with Gasteiger partial charge in [0, 0.05) is 33.3 Å². The van der Waals surface area contributed by atoms with E-state index in [0.717, 1.165) is 16.4 Å². The smallest absolute Gasteiger partial charge is 0.143 e. The Morgan fingerprint density at radius 2 is 2.06 bits per heavy atom. The molecule has 0 atom stereocenters. The van der Waals surface area contributed by atoms with E-state index in [1.165, 1.54) is 15.6 Å². The summed E-state index contributed by atoms with van der Waals surface area (Å²) in [5.74, 6) is 0.596. The lowest BCUT2D eigenvalue weighted by Gasteiger charge is -1.92. The summed E-state index contributed by atoms with van der Waals surface area (Å²) in [5, 5.41) is 13.8. The predicted molar refractivity (Wildman–Crippen MR) is 75.2 cm³/mol. The Morgan fingerprint density at radius 3 is 2.94 bits per heavy atom. The van der Waals surface area contributed by atoms with Crippen LogP contribution in [0.5, 0.6) is 0 Å². The lowest BCUT2D eigenvalue weighted by Crippen LogP contribution is -1.82. The van der Waals surface area contributed by atoms with Gasteiger partial charge >= 0.3 is 0 Å². The third-order valence-corrected chi connectivity index (χ3v) is 4.66. The van der Waals surface area contributed by atoms with Crippen LogP contribution >= 0.6 is 34.3 Å². The minimum absolute atomic E-state index is 0.596. The predicted octanol–water partition coefficient (Wildman–Crippen LogP) is 4.20. The second-order valence-electron chi connectivity index (χ2n) is 3.59. The lowest BCUT2D eigenvalue weighted by atomic mass is 10.2. The molecule has 0 bridgehead atoms. The topological polar surface area (TPSA) is 25.8 Å². The number of halogens is 1. The van der Waals surface area contributed by atoms with Crippen LogP contribution in [0.25, 0.3) is 20.7 Å². The summed E-state index contributed by atoms with van der Waals surface area (Å²) in [6.07, 6.45) is 0.793. The van der Waals surface area contributed by atoms with Crippen molar-refractivity contribution in [3.05, 3.63) is 34.7 Å². The lowest BCUT2D eigenvalue weighted by molar-refractivity contribution is 0.990. The molecular formula is C12H9ClN2S2. The second-order valence-corrected chi connectivity index (χ2v) is 5.94. The highest BCUT2D eigenvalue weighted by molar-refractivity contribution is 7.19. The minimum atomic E-state index is 0.596. The molecule has 17 heavy (non-hydrogen) atoms. The number of hydrogen-bond donors (Lipinski definition) is 0. The molecule has 0 saturated heterocycles. The maximum absolute atomic E-state index is 5.71. The zero-order valence-electron chi connectivity index (χ0n) is 8.89. The number of aromatic nitrogens is 2. The van der Waals surface area contributed by atoms with Gasteiger partial charge in [-0.15, -0.1) is 33.1 Å². The molecule has 3 rings (SSSR count). The highest BCUT2D eigenvalue weighted by Crippen LogP contribution is 2.35. The van der Waals surface area contributed by atoms with E-state index in [2.05, 4.69) is 39.8 Å². The van der Waals surface area contributed by atoms with Crippen LogP contribution in [0.15, 0.2) is 29.6 Å². The summed E-state index contributed by atoms with van der Waals surface area (Å²) >= 11 is 9.08. The molecule has 3 aromatic rings. The largest absolute Gasteiger partial charge is 0.149 e. The van der Waals surface area contributed by atoms with Crippen molar-refractivity contribution in [2.24, 2.45) is 0 Å². The van der Waals surface area contributed by atoms with Crippen LogP contribution in [0.4, 0.5) is 0 Å². The van der Waals surface area contributed by atoms with Gasteiger partial charge in [-0.2, -0.15) is 0 Å². The molecule has 0 N–H and O–H groups in total. The van der Waals surface area contributed by atoms with E-state index in [1.54, 1.807) is 22.7 Å². The summed E-state index contributed by atoms with van der Waals surface area (Å²) < 4.78 is 1.29. The van der Waals surface area contributed by atoms with Crippen molar-refractivity contribution >= 4 is 44.4 Å². The van der Waals surface area contributed by atoms with Gasteiger partial charge in [0.15, 0.2) is 0 Å². The van der Waals surface area contributed by atoms with Gasteiger partial charge in [0.05, 0.1) is 0 Å². The summed E-state index contributed by atoms with van der Waals surface area (Å²) in [6.45, 7) is 0. The Balaban J connectivity index is 2.07. The number of aryl methyl sites for hydroxylation is 1. The second kappa shape index (κ2) is 4.72. The average Bonchev–Trinajstić information content (AvgIpc) is 2.95. The quantitative estimate of drug-likeness (QED) is 0.672. The zero-order valence-corrected chi connectivity index (χ0v) is 11.3. The van der Waals surface area contributed by atoms with E-state index in [9.17, 15) is 0 Å². The Kier molecular flexibility index (Phi) is 3.09. The first kappa shape index (κ1) is 11.1. The van der Waals surface area contributed by atoms with Gasteiger partial charge in [-0.3, -0.25) is 0 Å². The molecule has 0 aliphatic heterocycles. The molecule has 1 aromatic carbocycles. The van der Waals surface area contributed by atoms with Crippen LogP contribution in [0.3, 0.4) is 0 Å². The molecule has 0 amide bonds. The molecule has 0 spiro atoms. The maximum Gasteiger partial charge on any atom is 0.149 e. The summed E-state index contributed by atoms with van der Waals surface area (Å²) in [5.41, 5.74) is 1.18. The Morgan fingerprint density at radius 1 is 1.18 bits per heavy atom. The van der Waals surface area contributed by atoms with Crippen LogP contribution in [-0.2, 0) is 6.42 Å². The maximum atomic E-state index is 5.71. The number of alkyl halides is 1. The van der Waals surface area contributed by atoms with Gasteiger partial charge in [-0.05, 0) is 6.07 Å². The fraction of sp³-hybridized carbons (Fsp3) is 0.167. The van der Waals surface area contributed by atoms with Crippen LogP contribution in [0.2, 0.25) is 0 Å². The van der Waals surface area contributed by atoms with Crippen LogP contribution in [0, 0.1) is 0 Å². The number of hydrogen-bond acceptors (Lipinski definition) is 4. The Bertz CT molecular complexity index is 645. The monoisotopic (exact) mass is 280 g/mol. The molecule has 0 aliphatic carbocycles. The van der Waals surface area contributed by atoms with E-state index < -0.39 is 0 Å². The fourth-order valence-electron chi connectivity index (χ4n) is 1.69. The molecule has 0 fully saturated rings. The number of rotatable bonds is 3. The molecule has 0 unspecified atom stereocenters. The van der Waals surface area contributed by atoms with E-state index in [4.69, 9.17) is 11.6 Å². The van der Waals surface area contributed by atoms with E-state index >= 15 is 0 Å². The molecule has 0 aliphatic rings. The normalized spacial score (nSPS) is 11.1. The molecular weight excluding hydrogens is 272 g/mol. The van der Waals surface area contributed by atoms with Gasteiger partial charge in [-0.25, -0.2) is 0 Å². The van der Waals surface area contributed by atoms with Crippen molar-refractivity contribution < 1.29 is 0 Å².